The molecule has 0 aromatic heterocycles. The van der Waals surface area contributed by atoms with E-state index in [4.69, 9.17) is 18.9 Å². The molecule has 4 heteroatoms. The molecule has 0 heterocycles. The average Bonchev–Trinajstić information content (AvgIpc) is 2.64. The van der Waals surface area contributed by atoms with Gasteiger partial charge in [-0.3, -0.25) is 0 Å². The van der Waals surface area contributed by atoms with Crippen molar-refractivity contribution in [1.29, 1.82) is 0 Å². The van der Waals surface area contributed by atoms with Gasteiger partial charge in [-0.25, -0.2) is 0 Å². The third-order valence-electron chi connectivity index (χ3n) is 5.04. The van der Waals surface area contributed by atoms with Gasteiger partial charge in [0, 0.05) is 39.3 Å². The normalized spacial score (nSPS) is 26.3. The molecule has 0 radical (unpaired) electrons. The van der Waals surface area contributed by atoms with Crippen LogP contribution in [-0.4, -0.2) is 50.8 Å². The molecule has 26 heavy (non-hydrogen) atoms. The molecule has 0 spiro atoms. The van der Waals surface area contributed by atoms with Crippen LogP contribution in [0.1, 0.15) is 91.9 Å². The predicted molar refractivity (Wildman–Crippen MR) is 108 cm³/mol. The lowest BCUT2D eigenvalue weighted by atomic mass is 9.89. The Morgan fingerprint density at radius 1 is 0.538 bits per heavy atom. The van der Waals surface area contributed by atoms with Crippen LogP contribution < -0.4 is 0 Å². The highest BCUT2D eigenvalue weighted by Crippen LogP contribution is 2.30. The van der Waals surface area contributed by atoms with Crippen LogP contribution in [0.3, 0.4) is 0 Å². The third kappa shape index (κ3) is 9.68. The number of hydrogen-bond acceptors (Lipinski definition) is 4. The van der Waals surface area contributed by atoms with E-state index in [1.807, 2.05) is 0 Å². The first-order valence-electron chi connectivity index (χ1n) is 11.2. The molecule has 0 aromatic carbocycles. The molecule has 4 atom stereocenters. The van der Waals surface area contributed by atoms with E-state index in [1.54, 1.807) is 0 Å². The molecule has 0 aromatic rings. The second kappa shape index (κ2) is 15.9. The molecule has 0 bridgehead atoms. The van der Waals surface area contributed by atoms with Crippen LogP contribution in [0.2, 0.25) is 0 Å². The van der Waals surface area contributed by atoms with E-state index in [0.717, 1.165) is 84.2 Å². The van der Waals surface area contributed by atoms with E-state index in [2.05, 4.69) is 27.7 Å². The molecule has 0 saturated heterocycles. The van der Waals surface area contributed by atoms with Crippen LogP contribution in [-0.2, 0) is 18.9 Å². The van der Waals surface area contributed by atoms with Gasteiger partial charge in [0.25, 0.3) is 0 Å². The molecule has 0 N–H and O–H groups in total. The van der Waals surface area contributed by atoms with E-state index in [9.17, 15) is 0 Å². The van der Waals surface area contributed by atoms with Gasteiger partial charge in [0.2, 0.25) is 0 Å². The maximum absolute atomic E-state index is 6.28. The second-order valence-corrected chi connectivity index (χ2v) is 7.53. The van der Waals surface area contributed by atoms with Crippen molar-refractivity contribution in [3.05, 3.63) is 0 Å². The quantitative estimate of drug-likeness (QED) is 0.334. The van der Waals surface area contributed by atoms with Crippen LogP contribution in [0, 0.1) is 0 Å². The zero-order chi connectivity index (χ0) is 19.0. The maximum Gasteiger partial charge on any atom is 0.110 e. The molecule has 1 aliphatic rings. The first-order chi connectivity index (χ1) is 12.8. The van der Waals surface area contributed by atoms with Crippen LogP contribution in [0.5, 0.6) is 0 Å². The van der Waals surface area contributed by atoms with E-state index >= 15 is 0 Å². The summed E-state index contributed by atoms with van der Waals surface area (Å²) in [5.74, 6) is 0. The number of hydrogen-bond donors (Lipinski definition) is 0. The van der Waals surface area contributed by atoms with E-state index < -0.39 is 0 Å². The van der Waals surface area contributed by atoms with E-state index in [0.29, 0.717) is 0 Å². The Hall–Kier alpha value is -0.160. The van der Waals surface area contributed by atoms with Crippen LogP contribution in [0.15, 0.2) is 0 Å². The second-order valence-electron chi connectivity index (χ2n) is 7.53. The van der Waals surface area contributed by atoms with Crippen molar-refractivity contribution in [2.75, 3.05) is 26.4 Å². The van der Waals surface area contributed by atoms with Gasteiger partial charge in [-0.2, -0.15) is 0 Å². The van der Waals surface area contributed by atoms with Crippen molar-refractivity contribution in [2.24, 2.45) is 0 Å². The lowest BCUT2D eigenvalue weighted by Crippen LogP contribution is -2.51. The molecule has 0 amide bonds. The van der Waals surface area contributed by atoms with Crippen LogP contribution in [0.25, 0.3) is 0 Å². The van der Waals surface area contributed by atoms with Gasteiger partial charge in [-0.05, 0) is 25.7 Å². The van der Waals surface area contributed by atoms with Gasteiger partial charge in [0.1, 0.15) is 6.10 Å². The van der Waals surface area contributed by atoms with Gasteiger partial charge >= 0.3 is 0 Å². The van der Waals surface area contributed by atoms with E-state index in [1.165, 1.54) is 6.42 Å². The maximum atomic E-state index is 6.28. The number of ether oxygens (including phenoxy) is 4. The standard InChI is InChI=1S/C22H44O4/c1-5-9-13-23-19-17-20(24-14-10-6-2)22(26-16-12-8-4)21(18-19)25-15-11-7-3/h19-22H,5-18H2,1-4H3/t19-,20+,21-,22-. The Balaban J connectivity index is 2.70. The highest BCUT2D eigenvalue weighted by Gasteiger charge is 2.40. The van der Waals surface area contributed by atoms with E-state index in [-0.39, 0.29) is 24.4 Å². The molecule has 1 fully saturated rings. The van der Waals surface area contributed by atoms with Crippen molar-refractivity contribution in [2.45, 2.75) is 116 Å². The van der Waals surface area contributed by atoms with Crippen LogP contribution >= 0.6 is 0 Å². The minimum Gasteiger partial charge on any atom is -0.378 e. The number of rotatable bonds is 16. The fraction of sp³-hybridized carbons (Fsp3) is 1.00. The Kier molecular flexibility index (Phi) is 14.6. The Morgan fingerprint density at radius 2 is 0.923 bits per heavy atom. The first-order valence-corrected chi connectivity index (χ1v) is 11.2. The van der Waals surface area contributed by atoms with Crippen molar-refractivity contribution >= 4 is 0 Å². The highest BCUT2D eigenvalue weighted by atomic mass is 16.6. The van der Waals surface area contributed by atoms with Gasteiger partial charge in [0.05, 0.1) is 18.3 Å². The molecule has 156 valence electrons. The molecular formula is C22H44O4. The summed E-state index contributed by atoms with van der Waals surface area (Å²) in [6.07, 6.45) is 11.3. The summed E-state index contributed by atoms with van der Waals surface area (Å²) in [5.41, 5.74) is 0. The summed E-state index contributed by atoms with van der Waals surface area (Å²) >= 11 is 0. The molecule has 0 aliphatic heterocycles. The van der Waals surface area contributed by atoms with Crippen molar-refractivity contribution < 1.29 is 18.9 Å². The number of unbranched alkanes of at least 4 members (excludes halogenated alkanes) is 4. The minimum atomic E-state index is 0.0429. The van der Waals surface area contributed by atoms with Gasteiger partial charge in [0.15, 0.2) is 0 Å². The third-order valence-corrected chi connectivity index (χ3v) is 5.04. The summed E-state index contributed by atoms with van der Waals surface area (Å²) in [6, 6.07) is 0. The van der Waals surface area contributed by atoms with Gasteiger partial charge in [-0.1, -0.05) is 53.4 Å². The summed E-state index contributed by atoms with van der Waals surface area (Å²) < 4.78 is 24.9. The minimum absolute atomic E-state index is 0.0429. The van der Waals surface area contributed by atoms with Gasteiger partial charge in [-0.15, -0.1) is 0 Å². The van der Waals surface area contributed by atoms with Crippen molar-refractivity contribution in [3.8, 4) is 0 Å². The van der Waals surface area contributed by atoms with Crippen LogP contribution in [0.4, 0.5) is 0 Å². The highest BCUT2D eigenvalue weighted by molar-refractivity contribution is 4.90. The van der Waals surface area contributed by atoms with Crippen molar-refractivity contribution in [3.63, 3.8) is 0 Å². The zero-order valence-electron chi connectivity index (χ0n) is 17.8. The summed E-state index contributed by atoms with van der Waals surface area (Å²) in [5, 5.41) is 0. The molecule has 0 unspecified atom stereocenters. The van der Waals surface area contributed by atoms with Crippen molar-refractivity contribution in [1.82, 2.24) is 0 Å². The zero-order valence-corrected chi connectivity index (χ0v) is 17.8. The molecular weight excluding hydrogens is 328 g/mol. The van der Waals surface area contributed by atoms with Gasteiger partial charge < -0.3 is 18.9 Å². The molecule has 4 nitrogen and oxygen atoms in total. The summed E-state index contributed by atoms with van der Waals surface area (Å²) in [7, 11) is 0. The summed E-state index contributed by atoms with van der Waals surface area (Å²) in [4.78, 5) is 0. The molecule has 1 rings (SSSR count). The lowest BCUT2D eigenvalue weighted by molar-refractivity contribution is -0.186. The SMILES string of the molecule is CCCCO[C@@H]1C[C@H](OCCCC)[C@@H](OCCCC)[C@H](OCCCC)C1. The molecule has 1 aliphatic carbocycles. The smallest absolute Gasteiger partial charge is 0.110 e. The Bertz CT molecular complexity index is 291. The Labute approximate surface area is 162 Å². The predicted octanol–water partition coefficient (Wildman–Crippen LogP) is 5.52. The Morgan fingerprint density at radius 3 is 1.35 bits per heavy atom. The summed E-state index contributed by atoms with van der Waals surface area (Å²) in [6.45, 7) is 12.0. The topological polar surface area (TPSA) is 36.9 Å². The monoisotopic (exact) mass is 372 g/mol. The lowest BCUT2D eigenvalue weighted by Gasteiger charge is -2.41. The first kappa shape index (κ1) is 23.9. The average molecular weight is 373 g/mol. The fourth-order valence-corrected chi connectivity index (χ4v) is 3.31. The molecule has 1 saturated carbocycles. The fourth-order valence-electron chi connectivity index (χ4n) is 3.31. The largest absolute Gasteiger partial charge is 0.378 e.